The third-order valence-electron chi connectivity index (χ3n) is 4.56. The van der Waals surface area contributed by atoms with Crippen LogP contribution in [0.2, 0.25) is 0 Å². The first-order chi connectivity index (χ1) is 11.2. The van der Waals surface area contributed by atoms with Crippen LogP contribution < -0.4 is 5.32 Å². The smallest absolute Gasteiger partial charge is 0.450 e. The van der Waals surface area contributed by atoms with Crippen molar-refractivity contribution < 1.29 is 19.8 Å². The lowest BCUT2D eigenvalue weighted by molar-refractivity contribution is -0.121. The molecule has 0 bridgehead atoms. The number of carbonyl (C=O) groups excluding carboxylic acids is 1. The van der Waals surface area contributed by atoms with Gasteiger partial charge in [-0.25, -0.2) is 4.79 Å². The van der Waals surface area contributed by atoms with Gasteiger partial charge in [0.15, 0.2) is 0 Å². The number of carboxylic acid groups (broad SMARTS) is 2. The van der Waals surface area contributed by atoms with Gasteiger partial charge in [-0.2, -0.15) is 0 Å². The van der Waals surface area contributed by atoms with Crippen LogP contribution in [0.4, 0.5) is 4.79 Å². The number of hydrogen-bond donors (Lipinski definition) is 3. The predicted octanol–water partition coefficient (Wildman–Crippen LogP) is 4.07. The van der Waals surface area contributed by atoms with E-state index >= 15 is 0 Å². The van der Waals surface area contributed by atoms with Crippen molar-refractivity contribution in [2.75, 3.05) is 0 Å². The molecular formula is C19H29NO4. The van der Waals surface area contributed by atoms with E-state index in [4.69, 9.17) is 15.0 Å². The minimum atomic E-state index is -1.83. The Kier molecular flexibility index (Phi) is 7.75. The Morgan fingerprint density at radius 2 is 1.50 bits per heavy atom. The number of hydrogen-bond acceptors (Lipinski definition) is 2. The second-order valence-electron chi connectivity index (χ2n) is 6.86. The lowest BCUT2D eigenvalue weighted by atomic mass is 9.87. The Hall–Kier alpha value is -2.04. The second kappa shape index (κ2) is 9.30. The van der Waals surface area contributed by atoms with Crippen LogP contribution in [0.1, 0.15) is 54.9 Å². The molecule has 1 aromatic carbocycles. The van der Waals surface area contributed by atoms with Crippen LogP contribution in [-0.4, -0.2) is 28.3 Å². The van der Waals surface area contributed by atoms with E-state index in [9.17, 15) is 4.79 Å². The van der Waals surface area contributed by atoms with Crippen molar-refractivity contribution in [3.05, 3.63) is 34.4 Å². The standard InChI is InChI=1S/C18H27NO.CH2O3/c1-12-5-7-16(8-6-12)19-18(20)11-17-14(3)9-13(2)10-15(17)4;2-1(3)4/h9-10,12,16H,5-8,11H2,1-4H3,(H,19,20);(H2,2,3,4). The van der Waals surface area contributed by atoms with E-state index < -0.39 is 6.16 Å². The van der Waals surface area contributed by atoms with Gasteiger partial charge in [-0.3, -0.25) is 4.79 Å². The zero-order chi connectivity index (χ0) is 18.3. The van der Waals surface area contributed by atoms with Crippen LogP contribution in [0.25, 0.3) is 0 Å². The quantitative estimate of drug-likeness (QED) is 0.777. The minimum Gasteiger partial charge on any atom is -0.450 e. The Bertz CT molecular complexity index is 548. The molecule has 1 amide bonds. The first kappa shape index (κ1) is 20.0. The van der Waals surface area contributed by atoms with Gasteiger partial charge in [0, 0.05) is 6.04 Å². The van der Waals surface area contributed by atoms with Crippen molar-refractivity contribution in [1.29, 1.82) is 0 Å². The summed E-state index contributed by atoms with van der Waals surface area (Å²) in [5, 5.41) is 17.2. The van der Waals surface area contributed by atoms with Gasteiger partial charge in [0.25, 0.3) is 0 Å². The second-order valence-corrected chi connectivity index (χ2v) is 6.86. The minimum absolute atomic E-state index is 0.180. The molecule has 24 heavy (non-hydrogen) atoms. The van der Waals surface area contributed by atoms with Gasteiger partial charge in [0.1, 0.15) is 0 Å². The summed E-state index contributed by atoms with van der Waals surface area (Å²) in [6.45, 7) is 8.61. The van der Waals surface area contributed by atoms with E-state index in [1.165, 1.54) is 35.1 Å². The molecule has 0 atom stereocenters. The number of nitrogens with one attached hydrogen (secondary N) is 1. The normalized spacial score (nSPS) is 19.8. The highest BCUT2D eigenvalue weighted by Crippen LogP contribution is 2.23. The molecule has 1 aromatic rings. The molecule has 1 saturated carbocycles. The van der Waals surface area contributed by atoms with Crippen LogP contribution in [-0.2, 0) is 11.2 Å². The molecule has 0 heterocycles. The van der Waals surface area contributed by atoms with Gasteiger partial charge in [-0.15, -0.1) is 0 Å². The van der Waals surface area contributed by atoms with Crippen LogP contribution in [0.15, 0.2) is 12.1 Å². The zero-order valence-electron chi connectivity index (χ0n) is 15.1. The monoisotopic (exact) mass is 335 g/mol. The summed E-state index contributed by atoms with van der Waals surface area (Å²) in [6.07, 6.45) is 3.45. The molecule has 3 N–H and O–H groups in total. The van der Waals surface area contributed by atoms with Crippen molar-refractivity contribution in [3.63, 3.8) is 0 Å². The van der Waals surface area contributed by atoms with Gasteiger partial charge in [0.05, 0.1) is 6.42 Å². The first-order valence-electron chi connectivity index (χ1n) is 8.47. The molecule has 0 unspecified atom stereocenters. The summed E-state index contributed by atoms with van der Waals surface area (Å²) in [7, 11) is 0. The highest BCUT2D eigenvalue weighted by Gasteiger charge is 2.20. The average molecular weight is 335 g/mol. The summed E-state index contributed by atoms with van der Waals surface area (Å²) in [5.41, 5.74) is 4.92. The fourth-order valence-electron chi connectivity index (χ4n) is 3.33. The summed E-state index contributed by atoms with van der Waals surface area (Å²) >= 11 is 0. The fourth-order valence-corrected chi connectivity index (χ4v) is 3.33. The zero-order valence-corrected chi connectivity index (χ0v) is 15.1. The molecule has 0 saturated heterocycles. The van der Waals surface area contributed by atoms with Crippen LogP contribution >= 0.6 is 0 Å². The highest BCUT2D eigenvalue weighted by atomic mass is 16.6. The third-order valence-corrected chi connectivity index (χ3v) is 4.56. The maximum Gasteiger partial charge on any atom is 0.503 e. The Morgan fingerprint density at radius 3 is 1.96 bits per heavy atom. The molecule has 0 aliphatic heterocycles. The molecule has 0 spiro atoms. The SMILES string of the molecule is Cc1cc(C)c(CC(=O)NC2CCC(C)CC2)c(C)c1.O=C(O)O. The highest BCUT2D eigenvalue weighted by molar-refractivity contribution is 5.79. The maximum absolute atomic E-state index is 12.2. The summed E-state index contributed by atoms with van der Waals surface area (Å²) in [6, 6.07) is 4.72. The molecule has 5 heteroatoms. The molecule has 5 nitrogen and oxygen atoms in total. The molecule has 0 radical (unpaired) electrons. The number of benzene rings is 1. The molecule has 0 aromatic heterocycles. The topological polar surface area (TPSA) is 86.6 Å². The summed E-state index contributed by atoms with van der Waals surface area (Å²) < 4.78 is 0. The van der Waals surface area contributed by atoms with E-state index in [1.54, 1.807) is 0 Å². The molecule has 1 aliphatic carbocycles. The van der Waals surface area contributed by atoms with Crippen LogP contribution in [0.3, 0.4) is 0 Å². The van der Waals surface area contributed by atoms with E-state index in [0.29, 0.717) is 12.5 Å². The van der Waals surface area contributed by atoms with Crippen LogP contribution in [0.5, 0.6) is 0 Å². The van der Waals surface area contributed by atoms with E-state index in [1.807, 2.05) is 0 Å². The molecule has 1 fully saturated rings. The van der Waals surface area contributed by atoms with E-state index in [-0.39, 0.29) is 5.91 Å². The predicted molar refractivity (Wildman–Crippen MR) is 94.6 cm³/mol. The van der Waals surface area contributed by atoms with Crippen molar-refractivity contribution in [1.82, 2.24) is 5.32 Å². The molecule has 2 rings (SSSR count). The Labute approximate surface area is 144 Å². The van der Waals surface area contributed by atoms with Gasteiger partial charge in [0.2, 0.25) is 5.91 Å². The lowest BCUT2D eigenvalue weighted by Gasteiger charge is -2.27. The van der Waals surface area contributed by atoms with Crippen molar-refractivity contribution in [2.24, 2.45) is 5.92 Å². The maximum atomic E-state index is 12.2. The van der Waals surface area contributed by atoms with E-state index in [0.717, 1.165) is 18.8 Å². The van der Waals surface area contributed by atoms with Gasteiger partial charge in [-0.05, 0) is 69.1 Å². The molecule has 134 valence electrons. The summed E-state index contributed by atoms with van der Waals surface area (Å²) in [5.74, 6) is 1.00. The first-order valence-corrected chi connectivity index (χ1v) is 8.47. The van der Waals surface area contributed by atoms with Crippen molar-refractivity contribution in [2.45, 2.75) is 65.8 Å². The van der Waals surface area contributed by atoms with Crippen molar-refractivity contribution >= 4 is 12.1 Å². The number of rotatable bonds is 3. The largest absolute Gasteiger partial charge is 0.503 e. The summed E-state index contributed by atoms with van der Waals surface area (Å²) in [4.78, 5) is 20.8. The number of carbonyl (C=O) groups is 2. The van der Waals surface area contributed by atoms with Gasteiger partial charge >= 0.3 is 6.16 Å². The van der Waals surface area contributed by atoms with Crippen LogP contribution in [0, 0.1) is 26.7 Å². The number of amides is 1. The third kappa shape index (κ3) is 7.02. The van der Waals surface area contributed by atoms with Gasteiger partial charge < -0.3 is 15.5 Å². The van der Waals surface area contributed by atoms with E-state index in [2.05, 4.69) is 45.1 Å². The Morgan fingerprint density at radius 1 is 1.04 bits per heavy atom. The fraction of sp³-hybridized carbons (Fsp3) is 0.579. The number of aryl methyl sites for hydroxylation is 3. The average Bonchev–Trinajstić information content (AvgIpc) is 2.45. The molecule has 1 aliphatic rings. The lowest BCUT2D eigenvalue weighted by Crippen LogP contribution is -2.38. The Balaban J connectivity index is 0.000000648. The molecular weight excluding hydrogens is 306 g/mol. The van der Waals surface area contributed by atoms with Gasteiger partial charge in [-0.1, -0.05) is 24.6 Å². The van der Waals surface area contributed by atoms with Crippen molar-refractivity contribution in [3.8, 4) is 0 Å².